The molecular formula is C25H27N5O3. The number of benzene rings is 1. The highest BCUT2D eigenvalue weighted by atomic mass is 16.5. The summed E-state index contributed by atoms with van der Waals surface area (Å²) in [6.07, 6.45) is 3.35. The molecule has 0 bridgehead atoms. The van der Waals surface area contributed by atoms with E-state index in [0.717, 1.165) is 29.9 Å². The van der Waals surface area contributed by atoms with Gasteiger partial charge in [0, 0.05) is 32.2 Å². The van der Waals surface area contributed by atoms with E-state index in [1.54, 1.807) is 19.6 Å². The van der Waals surface area contributed by atoms with Crippen molar-refractivity contribution in [3.05, 3.63) is 60.5 Å². The van der Waals surface area contributed by atoms with Crippen LogP contribution in [0.5, 0.6) is 5.75 Å². The average Bonchev–Trinajstić information content (AvgIpc) is 3.53. The summed E-state index contributed by atoms with van der Waals surface area (Å²) >= 11 is 0. The zero-order valence-corrected chi connectivity index (χ0v) is 19.1. The quantitative estimate of drug-likeness (QED) is 0.457. The van der Waals surface area contributed by atoms with Crippen LogP contribution in [0, 0.1) is 0 Å². The van der Waals surface area contributed by atoms with Gasteiger partial charge in [0.15, 0.2) is 11.4 Å². The molecule has 1 amide bonds. The average molecular weight is 446 g/mol. The van der Waals surface area contributed by atoms with Gasteiger partial charge in [-0.3, -0.25) is 4.79 Å². The number of aromatic nitrogens is 3. The van der Waals surface area contributed by atoms with E-state index in [1.807, 2.05) is 59.8 Å². The van der Waals surface area contributed by atoms with Crippen molar-refractivity contribution in [1.82, 2.24) is 19.7 Å². The van der Waals surface area contributed by atoms with Crippen LogP contribution in [-0.2, 0) is 0 Å². The Labute approximate surface area is 192 Å². The van der Waals surface area contributed by atoms with Crippen molar-refractivity contribution in [3.63, 3.8) is 0 Å². The molecule has 33 heavy (non-hydrogen) atoms. The van der Waals surface area contributed by atoms with Gasteiger partial charge in [-0.2, -0.15) is 5.10 Å². The first kappa shape index (κ1) is 21.1. The molecule has 1 fully saturated rings. The molecule has 8 heteroatoms. The Morgan fingerprint density at radius 1 is 1.09 bits per heavy atom. The summed E-state index contributed by atoms with van der Waals surface area (Å²) in [5.41, 5.74) is 2.97. The smallest absolute Gasteiger partial charge is 0.254 e. The molecule has 8 nitrogen and oxygen atoms in total. The van der Waals surface area contributed by atoms with Crippen molar-refractivity contribution in [2.75, 3.05) is 38.2 Å². The van der Waals surface area contributed by atoms with Gasteiger partial charge in [0.1, 0.15) is 11.4 Å². The number of amides is 1. The largest absolute Gasteiger partial charge is 0.495 e. The molecule has 0 atom stereocenters. The summed E-state index contributed by atoms with van der Waals surface area (Å²) in [5.74, 6) is 1.46. The molecule has 0 unspecified atom stereocenters. The van der Waals surface area contributed by atoms with Crippen LogP contribution in [-0.4, -0.2) is 58.9 Å². The number of pyridine rings is 1. The Balaban J connectivity index is 1.45. The molecule has 0 radical (unpaired) electrons. The van der Waals surface area contributed by atoms with Gasteiger partial charge in [0.05, 0.1) is 36.2 Å². The minimum Gasteiger partial charge on any atom is -0.495 e. The minimum absolute atomic E-state index is 0.0156. The summed E-state index contributed by atoms with van der Waals surface area (Å²) in [7, 11) is 1.68. The van der Waals surface area contributed by atoms with Gasteiger partial charge in [-0.25, -0.2) is 9.67 Å². The van der Waals surface area contributed by atoms with Gasteiger partial charge < -0.3 is 19.0 Å². The minimum atomic E-state index is -0.0156. The van der Waals surface area contributed by atoms with Crippen LogP contribution in [0.3, 0.4) is 0 Å². The zero-order chi connectivity index (χ0) is 22.9. The molecule has 4 heterocycles. The van der Waals surface area contributed by atoms with Gasteiger partial charge >= 0.3 is 0 Å². The number of anilines is 1. The molecule has 0 saturated carbocycles. The Morgan fingerprint density at radius 2 is 1.88 bits per heavy atom. The van der Waals surface area contributed by atoms with E-state index >= 15 is 0 Å². The van der Waals surface area contributed by atoms with Crippen LogP contribution in [0.1, 0.15) is 30.2 Å². The lowest BCUT2D eigenvalue weighted by Crippen LogP contribution is -2.49. The number of hydrogen-bond acceptors (Lipinski definition) is 6. The molecular weight excluding hydrogens is 418 g/mol. The van der Waals surface area contributed by atoms with Crippen LogP contribution in [0.2, 0.25) is 0 Å². The highest BCUT2D eigenvalue weighted by Gasteiger charge is 2.27. The van der Waals surface area contributed by atoms with Gasteiger partial charge in [-0.05, 0) is 44.2 Å². The van der Waals surface area contributed by atoms with Crippen LogP contribution in [0.4, 0.5) is 5.69 Å². The van der Waals surface area contributed by atoms with Crippen molar-refractivity contribution in [2.24, 2.45) is 0 Å². The Kier molecular flexibility index (Phi) is 5.50. The van der Waals surface area contributed by atoms with Crippen LogP contribution >= 0.6 is 0 Å². The molecule has 170 valence electrons. The van der Waals surface area contributed by atoms with E-state index in [2.05, 4.69) is 16.1 Å². The summed E-state index contributed by atoms with van der Waals surface area (Å²) in [5, 5.41) is 5.27. The van der Waals surface area contributed by atoms with E-state index in [4.69, 9.17) is 14.1 Å². The number of carbonyl (C=O) groups is 1. The van der Waals surface area contributed by atoms with Crippen LogP contribution < -0.4 is 9.64 Å². The number of methoxy groups -OCH3 is 1. The van der Waals surface area contributed by atoms with Gasteiger partial charge in [-0.15, -0.1) is 0 Å². The summed E-state index contributed by atoms with van der Waals surface area (Å²) < 4.78 is 12.9. The van der Waals surface area contributed by atoms with Crippen molar-refractivity contribution in [3.8, 4) is 17.2 Å². The molecule has 1 saturated heterocycles. The second-order valence-electron chi connectivity index (χ2n) is 8.40. The van der Waals surface area contributed by atoms with Crippen molar-refractivity contribution >= 4 is 22.6 Å². The first-order valence-electron chi connectivity index (χ1n) is 11.2. The standard InChI is InChI=1S/C25H27N5O3/c1-17(2)30-24-19(16-26-30)18(15-20(27-24)22-9-6-14-33-22)25(31)29-12-10-28(11-13-29)21-7-4-5-8-23(21)32-3/h4-9,14-17H,10-13H2,1-3H3. The fourth-order valence-electron chi connectivity index (χ4n) is 4.34. The third kappa shape index (κ3) is 3.82. The first-order valence-corrected chi connectivity index (χ1v) is 11.2. The van der Waals surface area contributed by atoms with E-state index in [9.17, 15) is 4.79 Å². The van der Waals surface area contributed by atoms with E-state index in [-0.39, 0.29) is 11.9 Å². The SMILES string of the molecule is COc1ccccc1N1CCN(C(=O)c2cc(-c3ccco3)nc3c2cnn3C(C)C)CC1. The molecule has 1 aliphatic heterocycles. The van der Waals surface area contributed by atoms with Crippen molar-refractivity contribution in [1.29, 1.82) is 0 Å². The fourth-order valence-corrected chi connectivity index (χ4v) is 4.34. The third-order valence-electron chi connectivity index (χ3n) is 6.05. The Morgan fingerprint density at radius 3 is 2.58 bits per heavy atom. The molecule has 4 aromatic rings. The molecule has 5 rings (SSSR count). The maximum atomic E-state index is 13.7. The summed E-state index contributed by atoms with van der Waals surface area (Å²) in [6, 6.07) is 13.6. The number of hydrogen-bond donors (Lipinski definition) is 0. The number of piperazine rings is 1. The van der Waals surface area contributed by atoms with Gasteiger partial charge in [0.2, 0.25) is 0 Å². The number of nitrogens with zero attached hydrogens (tertiary/aromatic N) is 5. The molecule has 0 spiro atoms. The fraction of sp³-hybridized carbons (Fsp3) is 0.320. The number of fused-ring (bicyclic) bond motifs is 1. The number of furan rings is 1. The number of carbonyl (C=O) groups excluding carboxylic acids is 1. The Bertz CT molecular complexity index is 1270. The van der Waals surface area contributed by atoms with Gasteiger partial charge in [0.25, 0.3) is 5.91 Å². The second-order valence-corrected chi connectivity index (χ2v) is 8.40. The highest BCUT2D eigenvalue weighted by Crippen LogP contribution is 2.30. The van der Waals surface area contributed by atoms with E-state index in [0.29, 0.717) is 35.8 Å². The first-order chi connectivity index (χ1) is 16.1. The number of para-hydroxylation sites is 2. The predicted octanol–water partition coefficient (Wildman–Crippen LogP) is 4.24. The van der Waals surface area contributed by atoms with E-state index < -0.39 is 0 Å². The lowest BCUT2D eigenvalue weighted by atomic mass is 10.1. The normalized spacial score (nSPS) is 14.3. The lowest BCUT2D eigenvalue weighted by molar-refractivity contribution is 0.0748. The summed E-state index contributed by atoms with van der Waals surface area (Å²) in [4.78, 5) is 22.6. The van der Waals surface area contributed by atoms with Gasteiger partial charge in [-0.1, -0.05) is 12.1 Å². The third-order valence-corrected chi connectivity index (χ3v) is 6.05. The van der Waals surface area contributed by atoms with Crippen LogP contribution in [0.25, 0.3) is 22.5 Å². The van der Waals surface area contributed by atoms with Crippen molar-refractivity contribution in [2.45, 2.75) is 19.9 Å². The number of rotatable bonds is 5. The topological polar surface area (TPSA) is 76.6 Å². The molecule has 1 aromatic carbocycles. The highest BCUT2D eigenvalue weighted by molar-refractivity contribution is 6.06. The number of ether oxygens (including phenoxy) is 1. The molecule has 1 aliphatic rings. The maximum Gasteiger partial charge on any atom is 0.254 e. The monoisotopic (exact) mass is 445 g/mol. The second kappa shape index (κ2) is 8.61. The van der Waals surface area contributed by atoms with E-state index in [1.165, 1.54) is 0 Å². The lowest BCUT2D eigenvalue weighted by Gasteiger charge is -2.36. The summed E-state index contributed by atoms with van der Waals surface area (Å²) in [6.45, 7) is 6.80. The molecule has 3 aromatic heterocycles. The zero-order valence-electron chi connectivity index (χ0n) is 19.1. The van der Waals surface area contributed by atoms with Crippen molar-refractivity contribution < 1.29 is 13.9 Å². The molecule has 0 aliphatic carbocycles. The predicted molar refractivity (Wildman–Crippen MR) is 127 cm³/mol. The molecule has 0 N–H and O–H groups in total. The maximum absolute atomic E-state index is 13.7. The van der Waals surface area contributed by atoms with Crippen LogP contribution in [0.15, 0.2) is 59.3 Å². The Hall–Kier alpha value is -3.81.